The van der Waals surface area contributed by atoms with Crippen LogP contribution in [0.25, 0.3) is 10.6 Å². The Bertz CT molecular complexity index is 562. The Morgan fingerprint density at radius 2 is 2.22 bits per heavy atom. The van der Waals surface area contributed by atoms with Crippen LogP contribution in [0.5, 0.6) is 0 Å². The Kier molecular flexibility index (Phi) is 3.77. The molecule has 94 valence electrons. The number of aryl methyl sites for hydroxylation is 1. The third kappa shape index (κ3) is 2.96. The Balaban J connectivity index is 2.22. The van der Waals surface area contributed by atoms with Gasteiger partial charge in [0.15, 0.2) is 0 Å². The molecule has 1 aromatic heterocycles. The average molecular weight is 261 g/mol. The van der Waals surface area contributed by atoms with Gasteiger partial charge in [0.25, 0.3) is 0 Å². The van der Waals surface area contributed by atoms with E-state index < -0.39 is 0 Å². The van der Waals surface area contributed by atoms with E-state index in [1.165, 1.54) is 12.5 Å². The summed E-state index contributed by atoms with van der Waals surface area (Å²) in [5, 5.41) is 2.89. The fraction of sp³-hybridized carbons (Fsp3) is 0.286. The molecule has 0 bridgehead atoms. The molecule has 3 nitrogen and oxygen atoms in total. The summed E-state index contributed by atoms with van der Waals surface area (Å²) < 4.78 is 5.11. The van der Waals surface area contributed by atoms with Gasteiger partial charge in [-0.15, -0.1) is 11.3 Å². The molecule has 18 heavy (non-hydrogen) atoms. The summed E-state index contributed by atoms with van der Waals surface area (Å²) in [6.45, 7) is 5.29. The van der Waals surface area contributed by atoms with E-state index in [4.69, 9.17) is 4.74 Å². The molecule has 0 N–H and O–H groups in total. The van der Waals surface area contributed by atoms with E-state index in [0.29, 0.717) is 0 Å². The average Bonchev–Trinajstić information content (AvgIpc) is 2.77. The quantitative estimate of drug-likeness (QED) is 0.790. The van der Waals surface area contributed by atoms with Crippen molar-refractivity contribution in [2.45, 2.75) is 26.9 Å². The molecular weight excluding hydrogens is 246 g/mol. The second kappa shape index (κ2) is 5.31. The SMILES string of the molecule is CC(=O)O[C@@H](C)c1csc(-c2cccc(C)c2)n1. The number of benzene rings is 1. The minimum Gasteiger partial charge on any atom is -0.456 e. The van der Waals surface area contributed by atoms with Gasteiger partial charge in [0.05, 0.1) is 5.69 Å². The number of aromatic nitrogens is 1. The van der Waals surface area contributed by atoms with Gasteiger partial charge < -0.3 is 4.74 Å². The van der Waals surface area contributed by atoms with Crippen LogP contribution < -0.4 is 0 Å². The Morgan fingerprint density at radius 3 is 2.89 bits per heavy atom. The lowest BCUT2D eigenvalue weighted by Crippen LogP contribution is -2.04. The van der Waals surface area contributed by atoms with Crippen molar-refractivity contribution in [3.63, 3.8) is 0 Å². The molecule has 0 unspecified atom stereocenters. The maximum absolute atomic E-state index is 10.9. The van der Waals surface area contributed by atoms with Gasteiger partial charge in [-0.3, -0.25) is 4.79 Å². The number of carbonyl (C=O) groups excluding carboxylic acids is 1. The predicted octanol–water partition coefficient (Wildman–Crippen LogP) is 3.74. The maximum atomic E-state index is 10.9. The lowest BCUT2D eigenvalue weighted by atomic mass is 10.1. The molecule has 0 aliphatic heterocycles. The zero-order valence-corrected chi connectivity index (χ0v) is 11.5. The van der Waals surface area contributed by atoms with Crippen LogP contribution >= 0.6 is 11.3 Å². The molecule has 2 aromatic rings. The molecule has 0 radical (unpaired) electrons. The second-order valence-electron chi connectivity index (χ2n) is 4.20. The van der Waals surface area contributed by atoms with Gasteiger partial charge in [-0.2, -0.15) is 0 Å². The van der Waals surface area contributed by atoms with Crippen molar-refractivity contribution in [1.82, 2.24) is 4.98 Å². The van der Waals surface area contributed by atoms with Crippen LogP contribution in [0, 0.1) is 6.92 Å². The highest BCUT2D eigenvalue weighted by atomic mass is 32.1. The number of nitrogens with zero attached hydrogens (tertiary/aromatic N) is 1. The summed E-state index contributed by atoms with van der Waals surface area (Å²) >= 11 is 1.56. The van der Waals surface area contributed by atoms with Gasteiger partial charge in [0, 0.05) is 17.9 Å². The summed E-state index contributed by atoms with van der Waals surface area (Å²) in [5.74, 6) is -0.285. The second-order valence-corrected chi connectivity index (χ2v) is 5.06. The first-order valence-corrected chi connectivity index (χ1v) is 6.64. The molecule has 2 rings (SSSR count). The van der Waals surface area contributed by atoms with Crippen molar-refractivity contribution in [2.75, 3.05) is 0 Å². The first kappa shape index (κ1) is 12.8. The highest BCUT2D eigenvalue weighted by molar-refractivity contribution is 7.13. The fourth-order valence-corrected chi connectivity index (χ4v) is 2.59. The van der Waals surface area contributed by atoms with Crippen molar-refractivity contribution in [2.24, 2.45) is 0 Å². The molecule has 0 spiro atoms. The van der Waals surface area contributed by atoms with Gasteiger partial charge in [-0.1, -0.05) is 23.8 Å². The van der Waals surface area contributed by atoms with Crippen LogP contribution in [0.2, 0.25) is 0 Å². The van der Waals surface area contributed by atoms with Crippen LogP contribution in [0.15, 0.2) is 29.6 Å². The largest absolute Gasteiger partial charge is 0.456 e. The van der Waals surface area contributed by atoms with E-state index in [0.717, 1.165) is 16.3 Å². The van der Waals surface area contributed by atoms with Crippen molar-refractivity contribution in [1.29, 1.82) is 0 Å². The Morgan fingerprint density at radius 1 is 1.44 bits per heavy atom. The Hall–Kier alpha value is -1.68. The van der Waals surface area contributed by atoms with E-state index in [-0.39, 0.29) is 12.1 Å². The van der Waals surface area contributed by atoms with Crippen LogP contribution in [-0.4, -0.2) is 11.0 Å². The first-order valence-electron chi connectivity index (χ1n) is 5.76. The maximum Gasteiger partial charge on any atom is 0.303 e. The number of ether oxygens (including phenoxy) is 1. The molecule has 1 heterocycles. The highest BCUT2D eigenvalue weighted by Gasteiger charge is 2.13. The van der Waals surface area contributed by atoms with Gasteiger partial charge in [-0.05, 0) is 19.9 Å². The van der Waals surface area contributed by atoms with Crippen LogP contribution in [0.3, 0.4) is 0 Å². The number of esters is 1. The van der Waals surface area contributed by atoms with E-state index >= 15 is 0 Å². The third-order valence-corrected chi connectivity index (χ3v) is 3.46. The van der Waals surface area contributed by atoms with Crippen LogP contribution in [0.4, 0.5) is 0 Å². The van der Waals surface area contributed by atoms with Crippen molar-refractivity contribution in [3.8, 4) is 10.6 Å². The summed E-state index contributed by atoms with van der Waals surface area (Å²) in [6, 6.07) is 8.20. The van der Waals surface area contributed by atoms with Crippen molar-refractivity contribution in [3.05, 3.63) is 40.9 Å². The molecule has 1 aromatic carbocycles. The fourth-order valence-electron chi connectivity index (χ4n) is 1.69. The topological polar surface area (TPSA) is 39.2 Å². The summed E-state index contributed by atoms with van der Waals surface area (Å²) in [4.78, 5) is 15.4. The third-order valence-electron chi connectivity index (χ3n) is 2.55. The summed E-state index contributed by atoms with van der Waals surface area (Å²) in [6.07, 6.45) is -0.294. The molecule has 0 amide bonds. The van der Waals surface area contributed by atoms with Gasteiger partial charge >= 0.3 is 5.97 Å². The highest BCUT2D eigenvalue weighted by Crippen LogP contribution is 2.27. The molecule has 4 heteroatoms. The van der Waals surface area contributed by atoms with E-state index in [9.17, 15) is 4.79 Å². The van der Waals surface area contributed by atoms with Crippen molar-refractivity contribution >= 4 is 17.3 Å². The molecule has 0 fully saturated rings. The van der Waals surface area contributed by atoms with E-state index in [1.54, 1.807) is 11.3 Å². The number of thiazole rings is 1. The lowest BCUT2D eigenvalue weighted by Gasteiger charge is -2.08. The predicted molar refractivity (Wildman–Crippen MR) is 72.5 cm³/mol. The normalized spacial score (nSPS) is 12.2. The smallest absolute Gasteiger partial charge is 0.303 e. The zero-order chi connectivity index (χ0) is 13.1. The van der Waals surface area contributed by atoms with E-state index in [1.807, 2.05) is 24.4 Å². The minimum absolute atomic E-state index is 0.285. The zero-order valence-electron chi connectivity index (χ0n) is 10.6. The number of carbonyl (C=O) groups is 1. The summed E-state index contributed by atoms with van der Waals surface area (Å²) in [7, 11) is 0. The summed E-state index contributed by atoms with van der Waals surface area (Å²) in [5.41, 5.74) is 3.10. The first-order chi connectivity index (χ1) is 8.56. The number of hydrogen-bond donors (Lipinski definition) is 0. The van der Waals surface area contributed by atoms with Crippen LogP contribution in [-0.2, 0) is 9.53 Å². The molecule has 0 aliphatic rings. The van der Waals surface area contributed by atoms with Crippen LogP contribution in [0.1, 0.15) is 31.2 Å². The number of rotatable bonds is 3. The molecule has 0 saturated heterocycles. The monoisotopic (exact) mass is 261 g/mol. The van der Waals surface area contributed by atoms with Crippen molar-refractivity contribution < 1.29 is 9.53 Å². The molecule has 0 saturated carbocycles. The molecular formula is C14H15NO2S. The molecule has 1 atom stereocenters. The Labute approximate surface area is 110 Å². The number of hydrogen-bond acceptors (Lipinski definition) is 4. The minimum atomic E-state index is -0.294. The standard InChI is InChI=1S/C14H15NO2S/c1-9-5-4-6-12(7-9)14-15-13(8-18-14)10(2)17-11(3)16/h4-8,10H,1-3H3/t10-/m0/s1. The van der Waals surface area contributed by atoms with Gasteiger partial charge in [0.1, 0.15) is 11.1 Å². The molecule has 0 aliphatic carbocycles. The van der Waals surface area contributed by atoms with Gasteiger partial charge in [-0.25, -0.2) is 4.98 Å². The van der Waals surface area contributed by atoms with Gasteiger partial charge in [0.2, 0.25) is 0 Å². The lowest BCUT2D eigenvalue weighted by molar-refractivity contribution is -0.145. The van der Waals surface area contributed by atoms with E-state index in [2.05, 4.69) is 24.0 Å².